The molecule has 0 fully saturated rings. The van der Waals surface area contributed by atoms with Gasteiger partial charge in [0, 0.05) is 31.4 Å². The lowest BCUT2D eigenvalue weighted by Crippen LogP contribution is -2.30. The molecule has 0 atom stereocenters. The highest BCUT2D eigenvalue weighted by Crippen LogP contribution is 2.27. The second-order valence-corrected chi connectivity index (χ2v) is 4.91. The predicted octanol–water partition coefficient (Wildman–Crippen LogP) is 3.45. The van der Waals surface area contributed by atoms with Gasteiger partial charge in [-0.1, -0.05) is 6.07 Å². The largest absolute Gasteiger partial charge is 0.493 e. The van der Waals surface area contributed by atoms with Crippen LogP contribution in [-0.2, 0) is 6.42 Å². The maximum atomic E-state index is 5.78. The van der Waals surface area contributed by atoms with Gasteiger partial charge in [0.15, 0.2) is 11.5 Å². The molecular formula is C14H22Cl3NO2. The molecule has 0 saturated carbocycles. The molecule has 0 aliphatic rings. The molecule has 0 N–H and O–H groups in total. The first kappa shape index (κ1) is 19.7. The van der Waals surface area contributed by atoms with Crippen LogP contribution in [0, 0.1) is 0 Å². The van der Waals surface area contributed by atoms with Crippen molar-refractivity contribution in [1.82, 2.24) is 4.90 Å². The van der Waals surface area contributed by atoms with E-state index in [0.29, 0.717) is 11.8 Å². The first-order chi connectivity index (χ1) is 9.24. The van der Waals surface area contributed by atoms with E-state index in [9.17, 15) is 0 Å². The Labute approximate surface area is 137 Å². The average molecular weight is 343 g/mol. The lowest BCUT2D eigenvalue weighted by molar-refractivity contribution is 0.311. The standard InChI is InChI=1S/C14H21Cl2NO2.ClH/c1-18-13-4-3-12(11-14(13)19-2)5-8-17(9-6-15)10-7-16;/h3-4,11H,5-10H2,1-2H3;1H. The van der Waals surface area contributed by atoms with Gasteiger partial charge in [-0.05, 0) is 24.1 Å². The number of methoxy groups -OCH3 is 2. The molecule has 3 nitrogen and oxygen atoms in total. The van der Waals surface area contributed by atoms with Crippen LogP contribution in [0.3, 0.4) is 0 Å². The third-order valence-electron chi connectivity index (χ3n) is 2.97. The number of rotatable bonds is 9. The van der Waals surface area contributed by atoms with Crippen molar-refractivity contribution in [2.75, 3.05) is 45.6 Å². The minimum absolute atomic E-state index is 0. The van der Waals surface area contributed by atoms with Gasteiger partial charge < -0.3 is 14.4 Å². The van der Waals surface area contributed by atoms with E-state index in [1.54, 1.807) is 14.2 Å². The summed E-state index contributed by atoms with van der Waals surface area (Å²) < 4.78 is 10.5. The molecule has 0 aliphatic carbocycles. The van der Waals surface area contributed by atoms with Crippen molar-refractivity contribution in [3.8, 4) is 11.5 Å². The Morgan fingerprint density at radius 3 is 2.05 bits per heavy atom. The number of ether oxygens (including phenoxy) is 2. The van der Waals surface area contributed by atoms with Crippen molar-refractivity contribution in [1.29, 1.82) is 0 Å². The molecule has 0 spiro atoms. The Bertz CT molecular complexity index is 371. The molecule has 0 radical (unpaired) electrons. The van der Waals surface area contributed by atoms with Crippen LogP contribution in [0.25, 0.3) is 0 Å². The molecule has 0 aliphatic heterocycles. The number of alkyl halides is 2. The Kier molecular flexibility index (Phi) is 11.1. The van der Waals surface area contributed by atoms with E-state index in [2.05, 4.69) is 11.0 Å². The van der Waals surface area contributed by atoms with Crippen LogP contribution in [0.15, 0.2) is 18.2 Å². The summed E-state index contributed by atoms with van der Waals surface area (Å²) in [5.74, 6) is 2.77. The van der Waals surface area contributed by atoms with E-state index in [-0.39, 0.29) is 12.4 Å². The van der Waals surface area contributed by atoms with Gasteiger partial charge in [0.1, 0.15) is 0 Å². The highest BCUT2D eigenvalue weighted by Gasteiger charge is 2.07. The van der Waals surface area contributed by atoms with Crippen LogP contribution in [0.5, 0.6) is 11.5 Å². The third kappa shape index (κ3) is 6.40. The fourth-order valence-electron chi connectivity index (χ4n) is 1.90. The number of nitrogens with zero attached hydrogens (tertiary/aromatic N) is 1. The van der Waals surface area contributed by atoms with E-state index in [1.807, 2.05) is 12.1 Å². The Morgan fingerprint density at radius 2 is 1.55 bits per heavy atom. The number of hydrogen-bond acceptors (Lipinski definition) is 3. The van der Waals surface area contributed by atoms with Crippen LogP contribution in [-0.4, -0.2) is 50.5 Å². The highest BCUT2D eigenvalue weighted by atomic mass is 35.5. The SMILES string of the molecule is COc1ccc(CCN(CCCl)CCCl)cc1OC.Cl. The number of benzene rings is 1. The van der Waals surface area contributed by atoms with Crippen LogP contribution < -0.4 is 9.47 Å². The van der Waals surface area contributed by atoms with E-state index < -0.39 is 0 Å². The Hall–Kier alpha value is -0.350. The van der Waals surface area contributed by atoms with Gasteiger partial charge in [-0.3, -0.25) is 0 Å². The topological polar surface area (TPSA) is 21.7 Å². The Morgan fingerprint density at radius 1 is 0.950 bits per heavy atom. The van der Waals surface area contributed by atoms with Crippen molar-refractivity contribution >= 4 is 35.6 Å². The van der Waals surface area contributed by atoms with Gasteiger partial charge in [-0.15, -0.1) is 35.6 Å². The summed E-state index contributed by atoms with van der Waals surface area (Å²) in [6, 6.07) is 6.00. The van der Waals surface area contributed by atoms with Gasteiger partial charge in [0.25, 0.3) is 0 Å². The smallest absolute Gasteiger partial charge is 0.160 e. The maximum absolute atomic E-state index is 5.78. The zero-order valence-electron chi connectivity index (χ0n) is 11.9. The molecular weight excluding hydrogens is 321 g/mol. The Balaban J connectivity index is 0.00000361. The minimum Gasteiger partial charge on any atom is -0.493 e. The lowest BCUT2D eigenvalue weighted by atomic mass is 10.1. The van der Waals surface area contributed by atoms with Crippen LogP contribution in [0.2, 0.25) is 0 Å². The molecule has 20 heavy (non-hydrogen) atoms. The van der Waals surface area contributed by atoms with E-state index in [1.165, 1.54) is 5.56 Å². The summed E-state index contributed by atoms with van der Waals surface area (Å²) >= 11 is 11.6. The van der Waals surface area contributed by atoms with E-state index in [0.717, 1.165) is 37.6 Å². The van der Waals surface area contributed by atoms with Crippen LogP contribution in [0.4, 0.5) is 0 Å². The summed E-state index contributed by atoms with van der Waals surface area (Å²) in [6.45, 7) is 2.66. The highest BCUT2D eigenvalue weighted by molar-refractivity contribution is 6.18. The summed E-state index contributed by atoms with van der Waals surface area (Å²) in [4.78, 5) is 2.26. The van der Waals surface area contributed by atoms with E-state index >= 15 is 0 Å². The molecule has 0 saturated heterocycles. The summed E-state index contributed by atoms with van der Waals surface area (Å²) in [5, 5.41) is 0. The van der Waals surface area contributed by atoms with Gasteiger partial charge in [0.2, 0.25) is 0 Å². The van der Waals surface area contributed by atoms with E-state index in [4.69, 9.17) is 32.7 Å². The number of hydrogen-bond donors (Lipinski definition) is 0. The normalized spacial score (nSPS) is 10.2. The quantitative estimate of drug-likeness (QED) is 0.642. The van der Waals surface area contributed by atoms with Crippen molar-refractivity contribution in [2.45, 2.75) is 6.42 Å². The molecule has 1 aromatic rings. The van der Waals surface area contributed by atoms with Gasteiger partial charge in [0.05, 0.1) is 14.2 Å². The molecule has 1 rings (SSSR count). The summed E-state index contributed by atoms with van der Waals surface area (Å²) in [5.41, 5.74) is 1.21. The summed E-state index contributed by atoms with van der Waals surface area (Å²) in [7, 11) is 3.29. The zero-order valence-corrected chi connectivity index (χ0v) is 14.2. The zero-order chi connectivity index (χ0) is 14.1. The van der Waals surface area contributed by atoms with Gasteiger partial charge in [-0.25, -0.2) is 0 Å². The number of halogens is 3. The molecule has 0 unspecified atom stereocenters. The summed E-state index contributed by atoms with van der Waals surface area (Å²) in [6.07, 6.45) is 0.939. The monoisotopic (exact) mass is 341 g/mol. The fourth-order valence-corrected chi connectivity index (χ4v) is 2.38. The van der Waals surface area contributed by atoms with Crippen LogP contribution >= 0.6 is 35.6 Å². The molecule has 116 valence electrons. The van der Waals surface area contributed by atoms with Crippen molar-refractivity contribution < 1.29 is 9.47 Å². The van der Waals surface area contributed by atoms with Crippen molar-refractivity contribution in [3.63, 3.8) is 0 Å². The minimum atomic E-state index is 0. The molecule has 0 amide bonds. The molecule has 0 heterocycles. The fraction of sp³-hybridized carbons (Fsp3) is 0.571. The second-order valence-electron chi connectivity index (χ2n) is 4.16. The van der Waals surface area contributed by atoms with Crippen molar-refractivity contribution in [2.24, 2.45) is 0 Å². The first-order valence-electron chi connectivity index (χ1n) is 6.30. The average Bonchev–Trinajstić information content (AvgIpc) is 2.44. The van der Waals surface area contributed by atoms with Gasteiger partial charge in [-0.2, -0.15) is 0 Å². The van der Waals surface area contributed by atoms with Gasteiger partial charge >= 0.3 is 0 Å². The third-order valence-corrected chi connectivity index (χ3v) is 3.30. The second kappa shape index (κ2) is 11.3. The molecule has 1 aromatic carbocycles. The lowest BCUT2D eigenvalue weighted by Gasteiger charge is -2.20. The van der Waals surface area contributed by atoms with Crippen LogP contribution in [0.1, 0.15) is 5.56 Å². The predicted molar refractivity (Wildman–Crippen MR) is 88.4 cm³/mol. The first-order valence-corrected chi connectivity index (χ1v) is 7.37. The molecule has 6 heteroatoms. The molecule has 0 bridgehead atoms. The van der Waals surface area contributed by atoms with Crippen molar-refractivity contribution in [3.05, 3.63) is 23.8 Å². The molecule has 0 aromatic heterocycles. The maximum Gasteiger partial charge on any atom is 0.160 e.